The maximum atomic E-state index is 12.5. The van der Waals surface area contributed by atoms with Gasteiger partial charge in [-0.15, -0.1) is 5.10 Å². The van der Waals surface area contributed by atoms with E-state index in [2.05, 4.69) is 20.6 Å². The van der Waals surface area contributed by atoms with Crippen LogP contribution in [-0.4, -0.2) is 40.8 Å². The molecule has 4 rings (SSSR count). The van der Waals surface area contributed by atoms with Gasteiger partial charge < -0.3 is 5.32 Å². The molecule has 0 saturated heterocycles. The van der Waals surface area contributed by atoms with Crippen molar-refractivity contribution >= 4 is 27.3 Å². The summed E-state index contributed by atoms with van der Waals surface area (Å²) in [6.45, 7) is 2.19. The SMILES string of the molecule is Cc1c(C(=O)NCCc2ccc(S(N)(=O)=O)cc2)nnn1-c1nc2c(s1)CCCC2. The predicted octanol–water partition coefficient (Wildman–Crippen LogP) is 1.53. The van der Waals surface area contributed by atoms with Crippen molar-refractivity contribution in [1.29, 1.82) is 0 Å². The van der Waals surface area contributed by atoms with Gasteiger partial charge in [0, 0.05) is 11.4 Å². The molecule has 3 N–H and O–H groups in total. The fourth-order valence-corrected chi connectivity index (χ4v) is 5.06. The van der Waals surface area contributed by atoms with Gasteiger partial charge in [0.1, 0.15) is 0 Å². The number of carbonyl (C=O) groups excluding carboxylic acids is 1. The molecule has 0 fully saturated rings. The minimum Gasteiger partial charge on any atom is -0.350 e. The van der Waals surface area contributed by atoms with Gasteiger partial charge in [0.15, 0.2) is 5.69 Å². The largest absolute Gasteiger partial charge is 0.350 e. The average molecular weight is 447 g/mol. The Morgan fingerprint density at radius 3 is 2.67 bits per heavy atom. The molecular weight excluding hydrogens is 424 g/mol. The first-order valence-electron chi connectivity index (χ1n) is 9.64. The summed E-state index contributed by atoms with van der Waals surface area (Å²) >= 11 is 1.61. The summed E-state index contributed by atoms with van der Waals surface area (Å²) in [7, 11) is -3.71. The number of hydrogen-bond donors (Lipinski definition) is 2. The van der Waals surface area contributed by atoms with Gasteiger partial charge in [-0.05, 0) is 56.7 Å². The number of rotatable bonds is 6. The first-order chi connectivity index (χ1) is 14.3. The lowest BCUT2D eigenvalue weighted by Crippen LogP contribution is -2.26. The summed E-state index contributed by atoms with van der Waals surface area (Å²) < 4.78 is 24.2. The highest BCUT2D eigenvalue weighted by Gasteiger charge is 2.21. The predicted molar refractivity (Wildman–Crippen MR) is 112 cm³/mol. The number of hydrogen-bond acceptors (Lipinski definition) is 7. The molecule has 0 bridgehead atoms. The number of fused-ring (bicyclic) bond motifs is 1. The molecule has 0 spiro atoms. The van der Waals surface area contributed by atoms with Crippen LogP contribution < -0.4 is 10.5 Å². The van der Waals surface area contributed by atoms with E-state index in [0.717, 1.165) is 35.7 Å². The van der Waals surface area contributed by atoms with Crippen LogP contribution in [0.15, 0.2) is 29.2 Å². The van der Waals surface area contributed by atoms with E-state index in [-0.39, 0.29) is 16.5 Å². The van der Waals surface area contributed by atoms with Gasteiger partial charge in [-0.3, -0.25) is 4.79 Å². The maximum absolute atomic E-state index is 12.5. The third kappa shape index (κ3) is 4.27. The number of carbonyl (C=O) groups is 1. The van der Waals surface area contributed by atoms with Gasteiger partial charge in [0.05, 0.1) is 16.3 Å². The monoisotopic (exact) mass is 446 g/mol. The maximum Gasteiger partial charge on any atom is 0.273 e. The van der Waals surface area contributed by atoms with Gasteiger partial charge in [-0.25, -0.2) is 18.5 Å². The average Bonchev–Trinajstić information content (AvgIpc) is 3.30. The lowest BCUT2D eigenvalue weighted by atomic mass is 10.0. The third-order valence-corrected chi connectivity index (χ3v) is 7.14. The quantitative estimate of drug-likeness (QED) is 0.590. The van der Waals surface area contributed by atoms with E-state index in [0.29, 0.717) is 18.7 Å². The summed E-state index contributed by atoms with van der Waals surface area (Å²) in [5, 5.41) is 16.9. The van der Waals surface area contributed by atoms with Crippen LogP contribution >= 0.6 is 11.3 Å². The van der Waals surface area contributed by atoms with Crippen LogP contribution in [0, 0.1) is 6.92 Å². The first kappa shape index (κ1) is 20.6. The zero-order valence-corrected chi connectivity index (χ0v) is 18.1. The normalized spacial score (nSPS) is 13.8. The number of primary sulfonamides is 1. The standard InChI is InChI=1S/C19H22N6O3S2/c1-12-17(23-24-25(12)19-22-15-4-2-3-5-16(15)29-19)18(26)21-11-10-13-6-8-14(9-7-13)30(20,27)28/h6-9H,2-5,10-11H2,1H3,(H,21,26)(H2,20,27,28). The van der Waals surface area contributed by atoms with E-state index in [9.17, 15) is 13.2 Å². The van der Waals surface area contributed by atoms with Crippen LogP contribution in [0.5, 0.6) is 0 Å². The second kappa shape index (κ2) is 8.25. The molecule has 2 heterocycles. The molecule has 0 radical (unpaired) electrons. The summed E-state index contributed by atoms with van der Waals surface area (Å²) in [6.07, 6.45) is 4.93. The summed E-state index contributed by atoms with van der Waals surface area (Å²) in [4.78, 5) is 18.6. The number of benzene rings is 1. The lowest BCUT2D eigenvalue weighted by molar-refractivity contribution is 0.0948. The molecule has 3 aromatic rings. The fraction of sp³-hybridized carbons (Fsp3) is 0.368. The topological polar surface area (TPSA) is 133 Å². The van der Waals surface area contributed by atoms with Crippen molar-refractivity contribution in [2.24, 2.45) is 5.14 Å². The van der Waals surface area contributed by atoms with E-state index >= 15 is 0 Å². The minimum atomic E-state index is -3.71. The molecule has 1 amide bonds. The molecule has 0 aliphatic heterocycles. The Labute approximate surface area is 178 Å². The van der Waals surface area contributed by atoms with Gasteiger partial charge in [-0.1, -0.05) is 28.7 Å². The smallest absolute Gasteiger partial charge is 0.273 e. The van der Waals surface area contributed by atoms with Crippen LogP contribution in [0.1, 0.15) is 45.2 Å². The zero-order chi connectivity index (χ0) is 21.3. The van der Waals surface area contributed by atoms with Crippen molar-refractivity contribution in [2.45, 2.75) is 43.9 Å². The van der Waals surface area contributed by atoms with E-state index in [4.69, 9.17) is 5.14 Å². The molecule has 1 aliphatic carbocycles. The van der Waals surface area contributed by atoms with Crippen molar-refractivity contribution in [3.8, 4) is 5.13 Å². The molecule has 9 nitrogen and oxygen atoms in total. The highest BCUT2D eigenvalue weighted by Crippen LogP contribution is 2.29. The molecular formula is C19H22N6O3S2. The number of aryl methyl sites for hydroxylation is 2. The van der Waals surface area contributed by atoms with Crippen molar-refractivity contribution in [3.05, 3.63) is 51.8 Å². The summed E-state index contributed by atoms with van der Waals surface area (Å²) in [5.74, 6) is -0.304. The molecule has 158 valence electrons. The number of thiazole rings is 1. The van der Waals surface area contributed by atoms with Gasteiger partial charge in [0.2, 0.25) is 15.2 Å². The molecule has 0 unspecified atom stereocenters. The number of nitrogens with two attached hydrogens (primary N) is 1. The number of aromatic nitrogens is 4. The lowest BCUT2D eigenvalue weighted by Gasteiger charge is -2.06. The zero-order valence-electron chi connectivity index (χ0n) is 16.5. The molecule has 2 aromatic heterocycles. The van der Waals surface area contributed by atoms with E-state index in [1.807, 2.05) is 0 Å². The van der Waals surface area contributed by atoms with Crippen LogP contribution in [0.2, 0.25) is 0 Å². The molecule has 1 aliphatic rings. The first-order valence-corrected chi connectivity index (χ1v) is 12.0. The Morgan fingerprint density at radius 2 is 1.97 bits per heavy atom. The van der Waals surface area contributed by atoms with Gasteiger partial charge in [-0.2, -0.15) is 4.68 Å². The molecule has 0 atom stereocenters. The van der Waals surface area contributed by atoms with Crippen LogP contribution in [0.3, 0.4) is 0 Å². The fourth-order valence-electron chi connectivity index (χ4n) is 3.40. The van der Waals surface area contributed by atoms with Gasteiger partial charge in [0.25, 0.3) is 5.91 Å². The Bertz CT molecular complexity index is 1160. The van der Waals surface area contributed by atoms with E-state index in [1.165, 1.54) is 23.4 Å². The number of nitrogens with one attached hydrogen (secondary N) is 1. The van der Waals surface area contributed by atoms with Crippen molar-refractivity contribution in [3.63, 3.8) is 0 Å². The molecule has 0 saturated carbocycles. The van der Waals surface area contributed by atoms with Crippen LogP contribution in [0.4, 0.5) is 0 Å². The van der Waals surface area contributed by atoms with Crippen LogP contribution in [-0.2, 0) is 29.3 Å². The van der Waals surface area contributed by atoms with E-state index < -0.39 is 10.0 Å². The molecule has 11 heteroatoms. The second-order valence-electron chi connectivity index (χ2n) is 7.20. The summed E-state index contributed by atoms with van der Waals surface area (Å²) in [6, 6.07) is 6.26. The third-order valence-electron chi connectivity index (χ3n) is 5.08. The highest BCUT2D eigenvalue weighted by atomic mass is 32.2. The van der Waals surface area contributed by atoms with E-state index in [1.54, 1.807) is 35.1 Å². The number of amides is 1. The Morgan fingerprint density at radius 1 is 1.23 bits per heavy atom. The highest BCUT2D eigenvalue weighted by molar-refractivity contribution is 7.89. The Kier molecular flexibility index (Phi) is 5.67. The number of nitrogens with zero attached hydrogens (tertiary/aromatic N) is 4. The second-order valence-corrected chi connectivity index (χ2v) is 9.83. The molecule has 30 heavy (non-hydrogen) atoms. The molecule has 1 aromatic carbocycles. The summed E-state index contributed by atoms with van der Waals surface area (Å²) in [5.41, 5.74) is 2.94. The number of sulfonamides is 1. The van der Waals surface area contributed by atoms with Crippen molar-refractivity contribution < 1.29 is 13.2 Å². The Balaban J connectivity index is 1.39. The van der Waals surface area contributed by atoms with Crippen LogP contribution in [0.25, 0.3) is 5.13 Å². The van der Waals surface area contributed by atoms with Crippen molar-refractivity contribution in [2.75, 3.05) is 6.54 Å². The minimum absolute atomic E-state index is 0.0615. The van der Waals surface area contributed by atoms with Gasteiger partial charge >= 0.3 is 0 Å². The Hall–Kier alpha value is -2.63. The van der Waals surface area contributed by atoms with Crippen molar-refractivity contribution in [1.82, 2.24) is 25.3 Å².